The molecule has 110 valence electrons. The number of aliphatic hydroxyl groups excluding tert-OH is 1. The Hall–Kier alpha value is -0.560. The average Bonchev–Trinajstić information content (AvgIpc) is 2.95. The van der Waals surface area contributed by atoms with E-state index in [1.807, 2.05) is 0 Å². The molecule has 0 spiro atoms. The van der Waals surface area contributed by atoms with Gasteiger partial charge in [0.15, 0.2) is 10.0 Å². The number of hydrogen-bond donors (Lipinski definition) is 2. The quantitative estimate of drug-likeness (QED) is 0.475. The second-order valence-electron chi connectivity index (χ2n) is 4.74. The normalized spacial score (nSPS) is 29.5. The van der Waals surface area contributed by atoms with E-state index in [4.69, 9.17) is 16.7 Å². The number of thiazole rings is 1. The SMILES string of the molecule is C=C[C@@H]1[C@@H](CCSc2nc(C(=O)O)cs2)[C@H](Cl)C[C@H]1O. The van der Waals surface area contributed by atoms with Gasteiger partial charge < -0.3 is 10.2 Å². The lowest BCUT2D eigenvalue weighted by Crippen LogP contribution is -2.18. The fourth-order valence-electron chi connectivity index (χ4n) is 2.50. The van der Waals surface area contributed by atoms with Crippen LogP contribution in [0.25, 0.3) is 0 Å². The number of hydrogen-bond acceptors (Lipinski definition) is 5. The third-order valence-electron chi connectivity index (χ3n) is 3.52. The summed E-state index contributed by atoms with van der Waals surface area (Å²) in [7, 11) is 0. The first kappa shape index (κ1) is 15.8. The minimum atomic E-state index is -1.00. The van der Waals surface area contributed by atoms with E-state index in [0.717, 1.165) is 16.5 Å². The van der Waals surface area contributed by atoms with Crippen LogP contribution in [0, 0.1) is 11.8 Å². The fourth-order valence-corrected chi connectivity index (χ4v) is 4.89. The maximum atomic E-state index is 10.7. The Kier molecular flexibility index (Phi) is 5.49. The maximum Gasteiger partial charge on any atom is 0.355 e. The zero-order chi connectivity index (χ0) is 14.7. The van der Waals surface area contributed by atoms with Crippen molar-refractivity contribution >= 4 is 40.7 Å². The molecule has 0 aromatic carbocycles. The molecular formula is C13H16ClNO3S2. The highest BCUT2D eigenvalue weighted by atomic mass is 35.5. The molecule has 1 aliphatic carbocycles. The summed E-state index contributed by atoms with van der Waals surface area (Å²) in [6.45, 7) is 3.77. The van der Waals surface area contributed by atoms with Gasteiger partial charge in [-0.05, 0) is 18.8 Å². The number of nitrogens with zero attached hydrogens (tertiary/aromatic N) is 1. The maximum absolute atomic E-state index is 10.7. The second kappa shape index (κ2) is 6.93. The molecule has 1 aromatic rings. The molecule has 1 saturated carbocycles. The minimum absolute atomic E-state index is 0.0283. The summed E-state index contributed by atoms with van der Waals surface area (Å²) in [5, 5.41) is 20.2. The van der Waals surface area contributed by atoms with Crippen LogP contribution in [-0.4, -0.2) is 38.4 Å². The van der Waals surface area contributed by atoms with Crippen molar-refractivity contribution < 1.29 is 15.0 Å². The van der Waals surface area contributed by atoms with Crippen LogP contribution in [-0.2, 0) is 0 Å². The Balaban J connectivity index is 1.85. The molecule has 2 rings (SSSR count). The molecule has 1 aromatic heterocycles. The van der Waals surface area contributed by atoms with Crippen molar-refractivity contribution in [2.75, 3.05) is 5.75 Å². The molecule has 0 saturated heterocycles. The fraction of sp³-hybridized carbons (Fsp3) is 0.538. The number of aromatic nitrogens is 1. The zero-order valence-electron chi connectivity index (χ0n) is 10.7. The van der Waals surface area contributed by atoms with E-state index < -0.39 is 12.1 Å². The van der Waals surface area contributed by atoms with Crippen LogP contribution < -0.4 is 0 Å². The molecule has 20 heavy (non-hydrogen) atoms. The van der Waals surface area contributed by atoms with Gasteiger partial charge in [0.1, 0.15) is 0 Å². The van der Waals surface area contributed by atoms with E-state index in [9.17, 15) is 9.90 Å². The summed E-state index contributed by atoms with van der Waals surface area (Å²) in [5.74, 6) is 0.0662. The Morgan fingerprint density at radius 2 is 2.45 bits per heavy atom. The van der Waals surface area contributed by atoms with E-state index in [1.165, 1.54) is 23.1 Å². The lowest BCUT2D eigenvalue weighted by atomic mass is 9.92. The van der Waals surface area contributed by atoms with Crippen molar-refractivity contribution in [1.82, 2.24) is 4.98 Å². The number of carboxylic acid groups (broad SMARTS) is 1. The van der Waals surface area contributed by atoms with Gasteiger partial charge in [-0.3, -0.25) is 0 Å². The third-order valence-corrected chi connectivity index (χ3v) is 6.08. The van der Waals surface area contributed by atoms with Crippen molar-refractivity contribution in [3.05, 3.63) is 23.7 Å². The van der Waals surface area contributed by atoms with Gasteiger partial charge in [0, 0.05) is 22.4 Å². The first-order chi connectivity index (χ1) is 9.52. The first-order valence-electron chi connectivity index (χ1n) is 6.29. The molecule has 0 aliphatic heterocycles. The highest BCUT2D eigenvalue weighted by Gasteiger charge is 2.39. The van der Waals surface area contributed by atoms with Gasteiger partial charge >= 0.3 is 5.97 Å². The number of rotatable bonds is 6. The largest absolute Gasteiger partial charge is 0.476 e. The van der Waals surface area contributed by atoms with Crippen LogP contribution in [0.3, 0.4) is 0 Å². The molecule has 2 N–H and O–H groups in total. The van der Waals surface area contributed by atoms with E-state index in [0.29, 0.717) is 6.42 Å². The molecule has 0 unspecified atom stereocenters. The van der Waals surface area contributed by atoms with Crippen LogP contribution in [0.2, 0.25) is 0 Å². The Morgan fingerprint density at radius 1 is 1.70 bits per heavy atom. The van der Waals surface area contributed by atoms with Crippen LogP contribution in [0.1, 0.15) is 23.3 Å². The topological polar surface area (TPSA) is 70.4 Å². The van der Waals surface area contributed by atoms with Gasteiger partial charge in [0.05, 0.1) is 6.10 Å². The Bertz CT molecular complexity index is 494. The number of aliphatic hydroxyl groups is 1. The van der Waals surface area contributed by atoms with Crippen molar-refractivity contribution in [3.8, 4) is 0 Å². The van der Waals surface area contributed by atoms with E-state index in [-0.39, 0.29) is 22.9 Å². The van der Waals surface area contributed by atoms with Crippen LogP contribution in [0.15, 0.2) is 22.4 Å². The van der Waals surface area contributed by atoms with E-state index in [2.05, 4.69) is 11.6 Å². The smallest absolute Gasteiger partial charge is 0.355 e. The van der Waals surface area contributed by atoms with Gasteiger partial charge in [0.25, 0.3) is 0 Å². The lowest BCUT2D eigenvalue weighted by molar-refractivity contribution is 0.0691. The molecular weight excluding hydrogens is 318 g/mol. The van der Waals surface area contributed by atoms with Gasteiger partial charge in [-0.15, -0.1) is 29.5 Å². The number of carbonyl (C=O) groups is 1. The highest BCUT2D eigenvalue weighted by molar-refractivity contribution is 8.01. The summed E-state index contributed by atoms with van der Waals surface area (Å²) in [6, 6.07) is 0. The molecule has 0 bridgehead atoms. The molecule has 1 heterocycles. The Morgan fingerprint density at radius 3 is 3.05 bits per heavy atom. The standard InChI is InChI=1S/C13H16ClNO3S2/c1-2-7-8(9(14)5-11(7)16)3-4-19-13-15-10(6-20-13)12(17)18/h2,6-9,11,16H,1,3-5H2,(H,17,18)/t7-,8-,9-,11-/m1/s1. The summed E-state index contributed by atoms with van der Waals surface area (Å²) < 4.78 is 0.752. The molecule has 1 aliphatic rings. The molecule has 4 atom stereocenters. The summed E-state index contributed by atoms with van der Waals surface area (Å²) in [5.41, 5.74) is 0.0907. The van der Waals surface area contributed by atoms with E-state index in [1.54, 1.807) is 11.5 Å². The first-order valence-corrected chi connectivity index (χ1v) is 8.59. The van der Waals surface area contributed by atoms with Gasteiger partial charge in [-0.25, -0.2) is 9.78 Å². The van der Waals surface area contributed by atoms with Gasteiger partial charge in [-0.2, -0.15) is 0 Å². The van der Waals surface area contributed by atoms with Gasteiger partial charge in [0.2, 0.25) is 0 Å². The van der Waals surface area contributed by atoms with Crippen molar-refractivity contribution in [1.29, 1.82) is 0 Å². The molecule has 4 nitrogen and oxygen atoms in total. The zero-order valence-corrected chi connectivity index (χ0v) is 13.1. The van der Waals surface area contributed by atoms with Crippen molar-refractivity contribution in [2.24, 2.45) is 11.8 Å². The molecule has 7 heteroatoms. The average molecular weight is 334 g/mol. The third kappa shape index (κ3) is 3.55. The van der Waals surface area contributed by atoms with Crippen molar-refractivity contribution in [2.45, 2.75) is 28.7 Å². The summed E-state index contributed by atoms with van der Waals surface area (Å²) in [6.07, 6.45) is 2.85. The highest BCUT2D eigenvalue weighted by Crippen LogP contribution is 2.40. The minimum Gasteiger partial charge on any atom is -0.476 e. The summed E-state index contributed by atoms with van der Waals surface area (Å²) >= 11 is 9.13. The lowest BCUT2D eigenvalue weighted by Gasteiger charge is -2.19. The van der Waals surface area contributed by atoms with Gasteiger partial charge in [-0.1, -0.05) is 17.8 Å². The number of aromatic carboxylic acids is 1. The molecule has 1 fully saturated rings. The Labute approximate surface area is 130 Å². The van der Waals surface area contributed by atoms with E-state index >= 15 is 0 Å². The molecule has 0 amide bonds. The summed E-state index contributed by atoms with van der Waals surface area (Å²) in [4.78, 5) is 14.8. The number of alkyl halides is 1. The number of thioether (sulfide) groups is 1. The predicted octanol–water partition coefficient (Wildman–Crippen LogP) is 3.11. The molecule has 0 radical (unpaired) electrons. The van der Waals surface area contributed by atoms with Crippen molar-refractivity contribution in [3.63, 3.8) is 0 Å². The number of carboxylic acids is 1. The second-order valence-corrected chi connectivity index (χ2v) is 7.50. The van der Waals surface area contributed by atoms with Crippen LogP contribution in [0.4, 0.5) is 0 Å². The predicted molar refractivity (Wildman–Crippen MR) is 81.9 cm³/mol. The van der Waals surface area contributed by atoms with Crippen LogP contribution in [0.5, 0.6) is 0 Å². The van der Waals surface area contributed by atoms with Crippen LogP contribution >= 0.6 is 34.7 Å². The monoisotopic (exact) mass is 333 g/mol. The number of halogens is 1.